The van der Waals surface area contributed by atoms with E-state index in [2.05, 4.69) is 16.3 Å². The van der Waals surface area contributed by atoms with Crippen LogP contribution in [-0.4, -0.2) is 39.3 Å². The van der Waals surface area contributed by atoms with Gasteiger partial charge < -0.3 is 14.1 Å². The zero-order valence-corrected chi connectivity index (χ0v) is 17.1. The van der Waals surface area contributed by atoms with E-state index in [0.29, 0.717) is 21.9 Å². The summed E-state index contributed by atoms with van der Waals surface area (Å²) in [6, 6.07) is 9.32. The average Bonchev–Trinajstić information content (AvgIpc) is 3.19. The lowest BCUT2D eigenvalue weighted by atomic mass is 9.81. The third-order valence-corrected chi connectivity index (χ3v) is 5.90. The lowest BCUT2D eigenvalue weighted by molar-refractivity contribution is -0.131. The summed E-state index contributed by atoms with van der Waals surface area (Å²) >= 11 is 6.99. The zero-order valence-electron chi connectivity index (χ0n) is 15.6. The van der Waals surface area contributed by atoms with Crippen LogP contribution in [-0.2, 0) is 11.4 Å². The Balaban J connectivity index is 1.50. The first-order chi connectivity index (χ1) is 13.5. The van der Waals surface area contributed by atoms with Gasteiger partial charge in [0.15, 0.2) is 6.61 Å². The number of amides is 1. The number of thioether (sulfide) groups is 1. The minimum Gasteiger partial charge on any atom is -0.484 e. The molecule has 1 aromatic heterocycles. The molecule has 3 rings (SSSR count). The van der Waals surface area contributed by atoms with Gasteiger partial charge in [0, 0.05) is 12.1 Å². The quantitative estimate of drug-likeness (QED) is 0.623. The molecule has 0 saturated heterocycles. The van der Waals surface area contributed by atoms with E-state index in [1.807, 2.05) is 0 Å². The van der Waals surface area contributed by atoms with E-state index in [1.165, 1.54) is 0 Å². The first kappa shape index (κ1) is 20.5. The van der Waals surface area contributed by atoms with Crippen LogP contribution in [0, 0.1) is 11.3 Å². The molecule has 148 valence electrons. The second-order valence-electron chi connectivity index (χ2n) is 6.65. The third-order valence-electron chi connectivity index (χ3n) is 4.85. The summed E-state index contributed by atoms with van der Waals surface area (Å²) in [5.41, 5.74) is -0.692. The highest BCUT2D eigenvalue weighted by molar-refractivity contribution is 7.99. The number of hydrogen-bond donors (Lipinski definition) is 0. The number of benzene rings is 1. The minimum absolute atomic E-state index is 0.120. The maximum atomic E-state index is 12.6. The van der Waals surface area contributed by atoms with Gasteiger partial charge in [0.05, 0.1) is 11.8 Å². The van der Waals surface area contributed by atoms with Gasteiger partial charge in [-0.3, -0.25) is 4.79 Å². The average molecular weight is 421 g/mol. The molecule has 1 aliphatic rings. The lowest BCUT2D eigenvalue weighted by Crippen LogP contribution is -2.50. The summed E-state index contributed by atoms with van der Waals surface area (Å²) < 4.78 is 11.1. The van der Waals surface area contributed by atoms with Gasteiger partial charge in [-0.2, -0.15) is 5.26 Å². The first-order valence-electron chi connectivity index (χ1n) is 9.04. The van der Waals surface area contributed by atoms with Crippen molar-refractivity contribution in [2.45, 2.75) is 49.5 Å². The molecule has 1 heterocycles. The van der Waals surface area contributed by atoms with Gasteiger partial charge in [0.25, 0.3) is 11.1 Å². The number of carbonyl (C=O) groups is 1. The lowest BCUT2D eigenvalue weighted by Gasteiger charge is -2.38. The molecular formula is C19H21ClN4O3S. The van der Waals surface area contributed by atoms with Crippen LogP contribution in [0.5, 0.6) is 5.75 Å². The van der Waals surface area contributed by atoms with Crippen LogP contribution in [0.3, 0.4) is 0 Å². The van der Waals surface area contributed by atoms with Crippen LogP contribution >= 0.6 is 23.4 Å². The van der Waals surface area contributed by atoms with Gasteiger partial charge in [0.1, 0.15) is 11.3 Å². The Bertz CT molecular complexity index is 844. The standard InChI is InChI=1S/C19H21ClN4O3S/c1-24(19(13-21)9-3-2-4-10-19)17(25)12-28-18-23-22-16(27-18)11-26-15-7-5-14(20)6-8-15/h5-8H,2-4,9-12H2,1H3. The number of nitrogens with zero attached hydrogens (tertiary/aromatic N) is 4. The Hall–Kier alpha value is -2.24. The number of hydrogen-bond acceptors (Lipinski definition) is 7. The van der Waals surface area contributed by atoms with Gasteiger partial charge in [0.2, 0.25) is 5.91 Å². The number of carbonyl (C=O) groups excluding carboxylic acids is 1. The predicted octanol–water partition coefficient (Wildman–Crippen LogP) is 4.08. The molecule has 28 heavy (non-hydrogen) atoms. The van der Waals surface area contributed by atoms with Crippen LogP contribution in [0.15, 0.2) is 33.9 Å². The van der Waals surface area contributed by atoms with Crippen molar-refractivity contribution < 1.29 is 13.9 Å². The normalized spacial score (nSPS) is 15.6. The second kappa shape index (κ2) is 9.30. The highest BCUT2D eigenvalue weighted by Crippen LogP contribution is 2.33. The van der Waals surface area contributed by atoms with Crippen molar-refractivity contribution in [1.29, 1.82) is 5.26 Å². The molecule has 0 radical (unpaired) electrons. The monoisotopic (exact) mass is 420 g/mol. The smallest absolute Gasteiger partial charge is 0.277 e. The van der Waals surface area contributed by atoms with E-state index in [-0.39, 0.29) is 18.3 Å². The maximum absolute atomic E-state index is 12.6. The topological polar surface area (TPSA) is 92.2 Å². The summed E-state index contributed by atoms with van der Waals surface area (Å²) in [6.07, 6.45) is 4.51. The molecule has 1 aromatic carbocycles. The maximum Gasteiger partial charge on any atom is 0.277 e. The van der Waals surface area contributed by atoms with Crippen LogP contribution < -0.4 is 4.74 Å². The molecule has 1 fully saturated rings. The highest BCUT2D eigenvalue weighted by atomic mass is 35.5. The Morgan fingerprint density at radius 2 is 2.04 bits per heavy atom. The molecule has 0 bridgehead atoms. The fourth-order valence-electron chi connectivity index (χ4n) is 3.15. The van der Waals surface area contributed by atoms with Gasteiger partial charge in [-0.15, -0.1) is 10.2 Å². The summed E-state index contributed by atoms with van der Waals surface area (Å²) in [7, 11) is 1.70. The SMILES string of the molecule is CN(C(=O)CSc1nnc(COc2ccc(Cl)cc2)o1)C1(C#N)CCCCC1. The minimum atomic E-state index is -0.692. The van der Waals surface area contributed by atoms with E-state index < -0.39 is 5.54 Å². The molecule has 2 aromatic rings. The van der Waals surface area contributed by atoms with Crippen molar-refractivity contribution in [3.63, 3.8) is 0 Å². The van der Waals surface area contributed by atoms with Crippen molar-refractivity contribution in [2.24, 2.45) is 0 Å². The van der Waals surface area contributed by atoms with Gasteiger partial charge in [-0.05, 0) is 37.1 Å². The van der Waals surface area contributed by atoms with Crippen LogP contribution in [0.4, 0.5) is 0 Å². The summed E-state index contributed by atoms with van der Waals surface area (Å²) in [4.78, 5) is 14.1. The Morgan fingerprint density at radius 1 is 1.32 bits per heavy atom. The Morgan fingerprint density at radius 3 is 2.71 bits per heavy atom. The van der Waals surface area contributed by atoms with Gasteiger partial charge >= 0.3 is 0 Å². The van der Waals surface area contributed by atoms with Crippen LogP contribution in [0.25, 0.3) is 0 Å². The fraction of sp³-hybridized carbons (Fsp3) is 0.474. The second-order valence-corrected chi connectivity index (χ2v) is 8.01. The van der Waals surface area contributed by atoms with Crippen molar-refractivity contribution >= 4 is 29.3 Å². The first-order valence-corrected chi connectivity index (χ1v) is 10.4. The fourth-order valence-corrected chi connectivity index (χ4v) is 3.97. The summed E-state index contributed by atoms with van der Waals surface area (Å²) in [6.45, 7) is 0.126. The Kier molecular flexibility index (Phi) is 6.81. The van der Waals surface area contributed by atoms with Crippen LogP contribution in [0.2, 0.25) is 5.02 Å². The highest BCUT2D eigenvalue weighted by Gasteiger charge is 2.38. The molecule has 0 unspecified atom stereocenters. The number of aromatic nitrogens is 2. The van der Waals surface area contributed by atoms with Crippen molar-refractivity contribution in [3.05, 3.63) is 35.2 Å². The number of ether oxygens (including phenoxy) is 1. The molecule has 0 aliphatic heterocycles. The number of halogens is 1. The number of rotatable bonds is 7. The molecule has 1 amide bonds. The zero-order chi connectivity index (χ0) is 20.0. The molecule has 1 saturated carbocycles. The molecule has 0 N–H and O–H groups in total. The van der Waals surface area contributed by atoms with Crippen molar-refractivity contribution in [3.8, 4) is 11.8 Å². The largest absolute Gasteiger partial charge is 0.484 e. The van der Waals surface area contributed by atoms with E-state index in [4.69, 9.17) is 20.8 Å². The molecule has 7 nitrogen and oxygen atoms in total. The molecule has 0 atom stereocenters. The summed E-state index contributed by atoms with van der Waals surface area (Å²) in [5, 5.41) is 18.4. The van der Waals surface area contributed by atoms with Crippen molar-refractivity contribution in [1.82, 2.24) is 15.1 Å². The van der Waals surface area contributed by atoms with E-state index >= 15 is 0 Å². The molecular weight excluding hydrogens is 400 g/mol. The molecule has 1 aliphatic carbocycles. The van der Waals surface area contributed by atoms with Gasteiger partial charge in [-0.25, -0.2) is 0 Å². The summed E-state index contributed by atoms with van der Waals surface area (Å²) in [5.74, 6) is 0.979. The van der Waals surface area contributed by atoms with E-state index in [9.17, 15) is 10.1 Å². The van der Waals surface area contributed by atoms with Crippen LogP contribution in [0.1, 0.15) is 38.0 Å². The predicted molar refractivity (Wildman–Crippen MR) is 105 cm³/mol. The molecule has 0 spiro atoms. The third kappa shape index (κ3) is 4.97. The van der Waals surface area contributed by atoms with E-state index in [1.54, 1.807) is 36.2 Å². The Labute approximate surface area is 173 Å². The number of nitriles is 1. The van der Waals surface area contributed by atoms with Gasteiger partial charge in [-0.1, -0.05) is 42.6 Å². The van der Waals surface area contributed by atoms with E-state index in [0.717, 1.165) is 43.9 Å². The molecule has 9 heteroatoms. The van der Waals surface area contributed by atoms with Crippen molar-refractivity contribution in [2.75, 3.05) is 12.8 Å².